The second-order valence-electron chi connectivity index (χ2n) is 4.02. The molecule has 0 aliphatic carbocycles. The number of fused-ring (bicyclic) bond motifs is 1. The second kappa shape index (κ2) is 4.86. The summed E-state index contributed by atoms with van der Waals surface area (Å²) in [6, 6.07) is 8.56. The molecule has 0 aromatic heterocycles. The van der Waals surface area contributed by atoms with Crippen molar-refractivity contribution in [1.82, 2.24) is 5.32 Å². The van der Waals surface area contributed by atoms with Crippen LogP contribution in [-0.2, 0) is 6.42 Å². The van der Waals surface area contributed by atoms with Gasteiger partial charge in [-0.05, 0) is 18.6 Å². The maximum absolute atomic E-state index is 5.80. The molecule has 3 heteroatoms. The van der Waals surface area contributed by atoms with Gasteiger partial charge in [0.2, 0.25) is 0 Å². The highest BCUT2D eigenvalue weighted by Gasteiger charge is 2.21. The van der Waals surface area contributed by atoms with E-state index in [0.717, 1.165) is 18.7 Å². The first kappa shape index (κ1) is 10.8. The van der Waals surface area contributed by atoms with Crippen molar-refractivity contribution in [3.63, 3.8) is 0 Å². The Morgan fingerprint density at radius 1 is 1.53 bits per heavy atom. The zero-order valence-electron chi connectivity index (χ0n) is 8.87. The number of ether oxygens (including phenoxy) is 1. The molecule has 1 heterocycles. The van der Waals surface area contributed by atoms with E-state index in [4.69, 9.17) is 16.3 Å². The van der Waals surface area contributed by atoms with Crippen LogP contribution in [0.1, 0.15) is 12.5 Å². The molecule has 15 heavy (non-hydrogen) atoms. The Hall–Kier alpha value is -0.730. The second-order valence-corrected chi connectivity index (χ2v) is 4.32. The average Bonchev–Trinajstić information content (AvgIpc) is 2.68. The molecular weight excluding hydrogens is 210 g/mol. The number of hydrogen-bond acceptors (Lipinski definition) is 2. The third-order valence-corrected chi connectivity index (χ3v) is 3.10. The van der Waals surface area contributed by atoms with Gasteiger partial charge in [0.05, 0.1) is 0 Å². The van der Waals surface area contributed by atoms with Gasteiger partial charge in [0.1, 0.15) is 11.9 Å². The van der Waals surface area contributed by atoms with Gasteiger partial charge in [-0.3, -0.25) is 0 Å². The van der Waals surface area contributed by atoms with Crippen molar-refractivity contribution in [1.29, 1.82) is 0 Å². The van der Waals surface area contributed by atoms with Gasteiger partial charge < -0.3 is 10.1 Å². The lowest BCUT2D eigenvalue weighted by atomic mass is 10.1. The zero-order valence-corrected chi connectivity index (χ0v) is 9.63. The van der Waals surface area contributed by atoms with Gasteiger partial charge in [-0.15, -0.1) is 11.6 Å². The monoisotopic (exact) mass is 225 g/mol. The highest BCUT2D eigenvalue weighted by atomic mass is 35.5. The van der Waals surface area contributed by atoms with Gasteiger partial charge in [0.25, 0.3) is 0 Å². The van der Waals surface area contributed by atoms with Crippen LogP contribution in [-0.4, -0.2) is 24.6 Å². The Bertz CT molecular complexity index is 304. The van der Waals surface area contributed by atoms with Crippen LogP contribution in [0.5, 0.6) is 5.75 Å². The largest absolute Gasteiger partial charge is 0.488 e. The predicted molar refractivity (Wildman–Crippen MR) is 62.7 cm³/mol. The van der Waals surface area contributed by atoms with Crippen LogP contribution in [0.2, 0.25) is 0 Å². The topological polar surface area (TPSA) is 21.3 Å². The van der Waals surface area contributed by atoms with E-state index in [1.54, 1.807) is 0 Å². The van der Waals surface area contributed by atoms with Crippen molar-refractivity contribution in [3.8, 4) is 5.75 Å². The summed E-state index contributed by atoms with van der Waals surface area (Å²) in [7, 11) is 0. The normalized spacial score (nSPS) is 20.8. The fourth-order valence-corrected chi connectivity index (χ4v) is 1.86. The van der Waals surface area contributed by atoms with Crippen LogP contribution in [0.4, 0.5) is 0 Å². The number of nitrogens with one attached hydrogen (secondary N) is 1. The molecule has 2 unspecified atom stereocenters. The van der Waals surface area contributed by atoms with E-state index in [9.17, 15) is 0 Å². The molecule has 1 N–H and O–H groups in total. The van der Waals surface area contributed by atoms with Crippen LogP contribution < -0.4 is 10.1 Å². The fraction of sp³-hybridized carbons (Fsp3) is 0.500. The van der Waals surface area contributed by atoms with Gasteiger partial charge >= 0.3 is 0 Å². The minimum atomic E-state index is 0.257. The Labute approximate surface area is 95.6 Å². The van der Waals surface area contributed by atoms with Gasteiger partial charge in [-0.25, -0.2) is 0 Å². The average molecular weight is 226 g/mol. The molecule has 0 bridgehead atoms. The molecule has 1 aliphatic heterocycles. The maximum atomic E-state index is 5.80. The molecule has 82 valence electrons. The van der Waals surface area contributed by atoms with E-state index in [1.807, 2.05) is 12.1 Å². The summed E-state index contributed by atoms with van der Waals surface area (Å²) in [6.45, 7) is 2.94. The molecule has 2 atom stereocenters. The minimum absolute atomic E-state index is 0.257. The first-order valence-electron chi connectivity index (χ1n) is 5.33. The van der Waals surface area contributed by atoms with E-state index in [-0.39, 0.29) is 6.10 Å². The smallest absolute Gasteiger partial charge is 0.123 e. The van der Waals surface area contributed by atoms with Crippen molar-refractivity contribution in [3.05, 3.63) is 29.8 Å². The summed E-state index contributed by atoms with van der Waals surface area (Å²) in [6.07, 6.45) is 1.26. The molecule has 0 saturated heterocycles. The summed E-state index contributed by atoms with van der Waals surface area (Å²) >= 11 is 5.72. The SMILES string of the molecule is CC(CCl)NCC1Cc2ccccc2O1. The molecule has 1 aliphatic rings. The summed E-state index contributed by atoms with van der Waals surface area (Å²) in [5.74, 6) is 1.67. The minimum Gasteiger partial charge on any atom is -0.488 e. The zero-order chi connectivity index (χ0) is 10.7. The number of hydrogen-bond donors (Lipinski definition) is 1. The van der Waals surface area contributed by atoms with E-state index >= 15 is 0 Å². The summed E-state index contributed by atoms with van der Waals surface area (Å²) in [4.78, 5) is 0. The van der Waals surface area contributed by atoms with E-state index in [0.29, 0.717) is 11.9 Å². The molecule has 0 saturated carbocycles. The standard InChI is InChI=1S/C12H16ClNO/c1-9(7-13)14-8-11-6-10-4-2-3-5-12(10)15-11/h2-5,9,11,14H,6-8H2,1H3. The molecular formula is C12H16ClNO. The van der Waals surface area contributed by atoms with Gasteiger partial charge in [0.15, 0.2) is 0 Å². The number of alkyl halides is 1. The van der Waals surface area contributed by atoms with Crippen molar-refractivity contribution in [2.24, 2.45) is 0 Å². The first-order chi connectivity index (χ1) is 7.29. The number of para-hydroxylation sites is 1. The van der Waals surface area contributed by atoms with Gasteiger partial charge in [-0.1, -0.05) is 18.2 Å². The quantitative estimate of drug-likeness (QED) is 0.794. The molecule has 1 aromatic carbocycles. The molecule has 0 fully saturated rings. The molecule has 2 nitrogen and oxygen atoms in total. The Balaban J connectivity index is 1.85. The lowest BCUT2D eigenvalue weighted by molar-refractivity contribution is 0.224. The Kier molecular flexibility index (Phi) is 3.49. The predicted octanol–water partition coefficient (Wildman–Crippen LogP) is 2.21. The van der Waals surface area contributed by atoms with Gasteiger partial charge in [0, 0.05) is 24.9 Å². The highest BCUT2D eigenvalue weighted by Crippen LogP contribution is 2.27. The van der Waals surface area contributed by atoms with Gasteiger partial charge in [-0.2, -0.15) is 0 Å². The fourth-order valence-electron chi connectivity index (χ4n) is 1.75. The first-order valence-corrected chi connectivity index (χ1v) is 5.87. The number of halogens is 1. The van der Waals surface area contributed by atoms with Crippen LogP contribution in [0.15, 0.2) is 24.3 Å². The molecule has 2 rings (SSSR count). The summed E-state index contributed by atoms with van der Waals surface area (Å²) in [5, 5.41) is 3.35. The lowest BCUT2D eigenvalue weighted by Crippen LogP contribution is -2.36. The Morgan fingerprint density at radius 2 is 2.33 bits per heavy atom. The van der Waals surface area contributed by atoms with E-state index in [2.05, 4.69) is 24.4 Å². The van der Waals surface area contributed by atoms with Crippen molar-refractivity contribution in [2.45, 2.75) is 25.5 Å². The molecule has 1 aromatic rings. The van der Waals surface area contributed by atoms with Crippen LogP contribution in [0, 0.1) is 0 Å². The van der Waals surface area contributed by atoms with E-state index in [1.165, 1.54) is 5.56 Å². The summed E-state index contributed by atoms with van der Waals surface area (Å²) < 4.78 is 5.80. The third-order valence-electron chi connectivity index (χ3n) is 2.64. The highest BCUT2D eigenvalue weighted by molar-refractivity contribution is 6.18. The molecule has 0 spiro atoms. The van der Waals surface area contributed by atoms with Crippen LogP contribution in [0.25, 0.3) is 0 Å². The maximum Gasteiger partial charge on any atom is 0.123 e. The Morgan fingerprint density at radius 3 is 3.07 bits per heavy atom. The van der Waals surface area contributed by atoms with Crippen molar-refractivity contribution < 1.29 is 4.74 Å². The van der Waals surface area contributed by atoms with Crippen molar-refractivity contribution in [2.75, 3.05) is 12.4 Å². The molecule has 0 amide bonds. The van der Waals surface area contributed by atoms with Crippen molar-refractivity contribution >= 4 is 11.6 Å². The summed E-state index contributed by atoms with van der Waals surface area (Å²) in [5.41, 5.74) is 1.31. The lowest BCUT2D eigenvalue weighted by Gasteiger charge is -2.15. The number of benzene rings is 1. The van der Waals surface area contributed by atoms with Crippen LogP contribution in [0.3, 0.4) is 0 Å². The third kappa shape index (κ3) is 2.64. The molecule has 0 radical (unpaired) electrons. The van der Waals surface area contributed by atoms with E-state index < -0.39 is 0 Å². The number of rotatable bonds is 4. The van der Waals surface area contributed by atoms with Crippen LogP contribution >= 0.6 is 11.6 Å².